The van der Waals surface area contributed by atoms with E-state index < -0.39 is 0 Å². The predicted molar refractivity (Wildman–Crippen MR) is 118 cm³/mol. The van der Waals surface area contributed by atoms with Crippen molar-refractivity contribution in [2.45, 2.75) is 25.8 Å². The number of hydrogen-bond acceptors (Lipinski definition) is 6. The van der Waals surface area contributed by atoms with Crippen LogP contribution in [-0.2, 0) is 4.79 Å². The lowest BCUT2D eigenvalue weighted by Gasteiger charge is -2.45. The van der Waals surface area contributed by atoms with Gasteiger partial charge in [-0.05, 0) is 36.6 Å². The molecule has 0 bridgehead atoms. The number of fused-ring (bicyclic) bond motifs is 2. The molecule has 1 aliphatic carbocycles. The smallest absolute Gasteiger partial charge is 0.228 e. The summed E-state index contributed by atoms with van der Waals surface area (Å²) in [6, 6.07) is 6.18. The highest BCUT2D eigenvalue weighted by Crippen LogP contribution is 2.43. The van der Waals surface area contributed by atoms with E-state index in [0.717, 1.165) is 34.9 Å². The summed E-state index contributed by atoms with van der Waals surface area (Å²) in [5, 5.41) is 8.44. The highest BCUT2D eigenvalue weighted by atomic mass is 16.5. The Kier molecular flexibility index (Phi) is 4.35. The number of amides is 1. The van der Waals surface area contributed by atoms with Crippen molar-refractivity contribution in [3.63, 3.8) is 0 Å². The number of ether oxygens (including phenoxy) is 1. The average molecular weight is 419 g/mol. The summed E-state index contributed by atoms with van der Waals surface area (Å²) >= 11 is 0. The first kappa shape index (κ1) is 19.3. The number of anilines is 1. The third kappa shape index (κ3) is 3.17. The quantitative estimate of drug-likeness (QED) is 0.516. The van der Waals surface area contributed by atoms with Gasteiger partial charge in [0.25, 0.3) is 0 Å². The summed E-state index contributed by atoms with van der Waals surface area (Å²) in [5.41, 5.74) is 3.37. The molecular formula is C22H25N7O2. The standard InChI is InChI=1S/C22H25N7O2/c1-22(20(30)28(2)3)10-14(11-22)25-21-26-18-17(19(27-21)31-4)16(12-23-18)13-6-8-29-15(9-13)5-7-24-29/h5-9,12,14H,10-11H2,1-4H3,(H2,23,25,26,27). The van der Waals surface area contributed by atoms with E-state index in [9.17, 15) is 4.79 Å². The fraction of sp³-hybridized carbons (Fsp3) is 0.364. The number of pyridine rings is 1. The van der Waals surface area contributed by atoms with Gasteiger partial charge in [-0.1, -0.05) is 6.92 Å². The van der Waals surface area contributed by atoms with Crippen LogP contribution in [0.3, 0.4) is 0 Å². The zero-order chi connectivity index (χ0) is 21.8. The molecule has 1 aliphatic rings. The Morgan fingerprint density at radius 1 is 1.32 bits per heavy atom. The lowest BCUT2D eigenvalue weighted by Crippen LogP contribution is -2.52. The van der Waals surface area contributed by atoms with Gasteiger partial charge in [0, 0.05) is 44.3 Å². The van der Waals surface area contributed by atoms with Crippen molar-refractivity contribution < 1.29 is 9.53 Å². The zero-order valence-electron chi connectivity index (χ0n) is 18.0. The minimum Gasteiger partial charge on any atom is -0.480 e. The van der Waals surface area contributed by atoms with Gasteiger partial charge >= 0.3 is 0 Å². The molecule has 0 spiro atoms. The fourth-order valence-corrected chi connectivity index (χ4v) is 4.56. The SMILES string of the molecule is COc1nc(NC2CC(C)(C(=O)N(C)C)C2)nc2[nH]cc(-c3ccn4nccc4c3)c12. The summed E-state index contributed by atoms with van der Waals surface area (Å²) in [6.07, 6.45) is 7.11. The van der Waals surface area contributed by atoms with Gasteiger partial charge in [0.15, 0.2) is 0 Å². The van der Waals surface area contributed by atoms with Gasteiger partial charge < -0.3 is 19.9 Å². The number of aromatic amines is 1. The largest absolute Gasteiger partial charge is 0.480 e. The van der Waals surface area contributed by atoms with Crippen LogP contribution in [0.5, 0.6) is 5.88 Å². The Labute approximate surface area is 179 Å². The maximum atomic E-state index is 12.4. The Hall–Kier alpha value is -3.62. The molecule has 2 N–H and O–H groups in total. The molecule has 1 amide bonds. The van der Waals surface area contributed by atoms with E-state index >= 15 is 0 Å². The number of carbonyl (C=O) groups excluding carboxylic acids is 1. The number of H-pyrrole nitrogens is 1. The van der Waals surface area contributed by atoms with Crippen molar-refractivity contribution in [1.29, 1.82) is 0 Å². The molecule has 0 aliphatic heterocycles. The maximum absolute atomic E-state index is 12.4. The van der Waals surface area contributed by atoms with E-state index in [1.54, 1.807) is 32.3 Å². The van der Waals surface area contributed by atoms with Gasteiger partial charge in [-0.15, -0.1) is 0 Å². The Morgan fingerprint density at radius 2 is 2.13 bits per heavy atom. The third-order valence-corrected chi connectivity index (χ3v) is 6.05. The van der Waals surface area contributed by atoms with E-state index in [1.807, 2.05) is 36.0 Å². The fourth-order valence-electron chi connectivity index (χ4n) is 4.56. The molecular weight excluding hydrogens is 394 g/mol. The molecule has 31 heavy (non-hydrogen) atoms. The van der Waals surface area contributed by atoms with Crippen LogP contribution in [0.4, 0.5) is 5.95 Å². The van der Waals surface area contributed by atoms with E-state index in [4.69, 9.17) is 4.74 Å². The van der Waals surface area contributed by atoms with Gasteiger partial charge in [0.2, 0.25) is 17.7 Å². The Morgan fingerprint density at radius 3 is 2.87 bits per heavy atom. The molecule has 5 rings (SSSR count). The van der Waals surface area contributed by atoms with Crippen molar-refractivity contribution in [2.75, 3.05) is 26.5 Å². The molecule has 4 aromatic rings. The molecule has 0 unspecified atom stereocenters. The molecule has 1 saturated carbocycles. The normalized spacial score (nSPS) is 20.6. The van der Waals surface area contributed by atoms with Crippen molar-refractivity contribution >= 4 is 28.4 Å². The van der Waals surface area contributed by atoms with E-state index in [-0.39, 0.29) is 17.4 Å². The molecule has 4 aromatic heterocycles. The second-order valence-electron chi connectivity index (χ2n) is 8.61. The van der Waals surface area contributed by atoms with Crippen LogP contribution in [-0.4, -0.2) is 62.6 Å². The monoisotopic (exact) mass is 419 g/mol. The number of nitrogens with zero attached hydrogens (tertiary/aromatic N) is 5. The predicted octanol–water partition coefficient (Wildman–Crippen LogP) is 2.95. The highest BCUT2D eigenvalue weighted by molar-refractivity contribution is 5.98. The van der Waals surface area contributed by atoms with Crippen molar-refractivity contribution in [3.8, 4) is 17.0 Å². The molecule has 0 saturated heterocycles. The van der Waals surface area contributed by atoms with E-state index in [0.29, 0.717) is 17.5 Å². The third-order valence-electron chi connectivity index (χ3n) is 6.05. The van der Waals surface area contributed by atoms with Crippen LogP contribution < -0.4 is 10.1 Å². The average Bonchev–Trinajstić information content (AvgIpc) is 3.37. The number of methoxy groups -OCH3 is 1. The van der Waals surface area contributed by atoms with Gasteiger partial charge in [-0.25, -0.2) is 4.52 Å². The lowest BCUT2D eigenvalue weighted by molar-refractivity contribution is -0.143. The number of aromatic nitrogens is 5. The number of nitrogens with one attached hydrogen (secondary N) is 2. The van der Waals surface area contributed by atoms with Gasteiger partial charge in [0.05, 0.1) is 23.4 Å². The Balaban J connectivity index is 1.43. The van der Waals surface area contributed by atoms with Crippen LogP contribution in [0.15, 0.2) is 36.8 Å². The summed E-state index contributed by atoms with van der Waals surface area (Å²) < 4.78 is 7.44. The molecule has 0 radical (unpaired) electrons. The molecule has 1 fully saturated rings. The van der Waals surface area contributed by atoms with Gasteiger partial charge in [-0.3, -0.25) is 4.79 Å². The van der Waals surface area contributed by atoms with Crippen molar-refractivity contribution in [1.82, 2.24) is 29.5 Å². The second-order valence-corrected chi connectivity index (χ2v) is 8.61. The Bertz CT molecular complexity index is 1280. The first-order chi connectivity index (χ1) is 14.9. The molecule has 0 aromatic carbocycles. The van der Waals surface area contributed by atoms with E-state index in [2.05, 4.69) is 31.4 Å². The minimum absolute atomic E-state index is 0.148. The molecule has 9 heteroatoms. The van der Waals surface area contributed by atoms with Crippen LogP contribution in [0.2, 0.25) is 0 Å². The minimum atomic E-state index is -0.332. The first-order valence-electron chi connectivity index (χ1n) is 10.2. The van der Waals surface area contributed by atoms with Crippen LogP contribution in [0.25, 0.3) is 27.7 Å². The first-order valence-corrected chi connectivity index (χ1v) is 10.2. The molecule has 4 heterocycles. The zero-order valence-corrected chi connectivity index (χ0v) is 18.0. The highest BCUT2D eigenvalue weighted by Gasteiger charge is 2.47. The van der Waals surface area contributed by atoms with Crippen LogP contribution >= 0.6 is 0 Å². The van der Waals surface area contributed by atoms with Crippen LogP contribution in [0.1, 0.15) is 19.8 Å². The van der Waals surface area contributed by atoms with Gasteiger partial charge in [0.1, 0.15) is 5.65 Å². The van der Waals surface area contributed by atoms with Crippen LogP contribution in [0, 0.1) is 5.41 Å². The number of rotatable bonds is 5. The molecule has 0 atom stereocenters. The topological polar surface area (TPSA) is 100 Å². The summed E-state index contributed by atoms with van der Waals surface area (Å²) in [5.74, 6) is 1.15. The number of carbonyl (C=O) groups is 1. The summed E-state index contributed by atoms with van der Waals surface area (Å²) in [7, 11) is 5.20. The second kappa shape index (κ2) is 6.97. The molecule has 160 valence electrons. The van der Waals surface area contributed by atoms with Gasteiger partial charge in [-0.2, -0.15) is 15.1 Å². The lowest BCUT2D eigenvalue weighted by atomic mass is 9.66. The maximum Gasteiger partial charge on any atom is 0.228 e. The number of hydrogen-bond donors (Lipinski definition) is 2. The summed E-state index contributed by atoms with van der Waals surface area (Å²) in [6.45, 7) is 2.01. The van der Waals surface area contributed by atoms with Crippen molar-refractivity contribution in [2.24, 2.45) is 5.41 Å². The summed E-state index contributed by atoms with van der Waals surface area (Å²) in [4.78, 5) is 26.5. The molecule has 9 nitrogen and oxygen atoms in total. The van der Waals surface area contributed by atoms with Crippen molar-refractivity contribution in [3.05, 3.63) is 36.8 Å². The van der Waals surface area contributed by atoms with E-state index in [1.165, 1.54) is 0 Å².